The van der Waals surface area contributed by atoms with Crippen molar-refractivity contribution in [2.45, 2.75) is 31.9 Å². The average Bonchev–Trinajstić information content (AvgIpc) is 2.35. The first-order valence-electron chi connectivity index (χ1n) is 5.99. The SMILES string of the molecule is CCC(C)S(=O)CCCOc1ccc(N)cc1. The largest absolute Gasteiger partial charge is 0.494 e. The molecule has 0 amide bonds. The Morgan fingerprint density at radius 3 is 2.59 bits per heavy atom. The Kier molecular flexibility index (Phi) is 6.05. The van der Waals surface area contributed by atoms with Crippen LogP contribution in [0.2, 0.25) is 0 Å². The average molecular weight is 255 g/mol. The molecule has 96 valence electrons. The minimum Gasteiger partial charge on any atom is -0.494 e. The highest BCUT2D eigenvalue weighted by atomic mass is 32.2. The van der Waals surface area contributed by atoms with Gasteiger partial charge in [-0.2, -0.15) is 0 Å². The number of ether oxygens (including phenoxy) is 1. The van der Waals surface area contributed by atoms with Gasteiger partial charge in [0.05, 0.1) is 6.61 Å². The van der Waals surface area contributed by atoms with E-state index in [1.54, 1.807) is 0 Å². The third kappa shape index (κ3) is 5.22. The fourth-order valence-corrected chi connectivity index (χ4v) is 2.52. The second kappa shape index (κ2) is 7.33. The van der Waals surface area contributed by atoms with Crippen molar-refractivity contribution in [2.24, 2.45) is 0 Å². The molecule has 17 heavy (non-hydrogen) atoms. The van der Waals surface area contributed by atoms with Gasteiger partial charge in [-0.3, -0.25) is 4.21 Å². The van der Waals surface area contributed by atoms with Crippen molar-refractivity contribution in [3.8, 4) is 5.75 Å². The first-order valence-corrected chi connectivity index (χ1v) is 7.37. The van der Waals surface area contributed by atoms with Crippen LogP contribution in [0.3, 0.4) is 0 Å². The molecule has 1 aromatic rings. The molecule has 0 saturated heterocycles. The van der Waals surface area contributed by atoms with E-state index in [2.05, 4.69) is 6.92 Å². The topological polar surface area (TPSA) is 52.3 Å². The van der Waals surface area contributed by atoms with Crippen LogP contribution in [0.4, 0.5) is 5.69 Å². The fourth-order valence-electron chi connectivity index (χ4n) is 1.34. The van der Waals surface area contributed by atoms with Gasteiger partial charge >= 0.3 is 0 Å². The van der Waals surface area contributed by atoms with Gasteiger partial charge in [-0.25, -0.2) is 0 Å². The molecule has 4 heteroatoms. The Labute approximate surface area is 106 Å². The number of anilines is 1. The Hall–Kier alpha value is -1.03. The van der Waals surface area contributed by atoms with E-state index in [0.29, 0.717) is 12.4 Å². The van der Waals surface area contributed by atoms with Crippen LogP contribution in [0.25, 0.3) is 0 Å². The molecule has 3 nitrogen and oxygen atoms in total. The Balaban J connectivity index is 2.20. The van der Waals surface area contributed by atoms with E-state index in [4.69, 9.17) is 10.5 Å². The van der Waals surface area contributed by atoms with E-state index < -0.39 is 10.8 Å². The molecule has 0 saturated carbocycles. The third-order valence-electron chi connectivity index (χ3n) is 2.66. The quantitative estimate of drug-likeness (QED) is 0.602. The molecule has 2 unspecified atom stereocenters. The lowest BCUT2D eigenvalue weighted by molar-refractivity contribution is 0.318. The van der Waals surface area contributed by atoms with Crippen LogP contribution in [-0.4, -0.2) is 21.8 Å². The summed E-state index contributed by atoms with van der Waals surface area (Å²) in [6.07, 6.45) is 1.78. The van der Waals surface area contributed by atoms with Gasteiger partial charge in [-0.05, 0) is 37.1 Å². The summed E-state index contributed by atoms with van der Waals surface area (Å²) in [5.74, 6) is 1.53. The van der Waals surface area contributed by atoms with E-state index in [9.17, 15) is 4.21 Å². The van der Waals surface area contributed by atoms with E-state index in [0.717, 1.165) is 24.3 Å². The molecule has 0 fully saturated rings. The maximum atomic E-state index is 11.7. The highest BCUT2D eigenvalue weighted by Gasteiger charge is 2.07. The number of hydrogen-bond acceptors (Lipinski definition) is 3. The zero-order valence-electron chi connectivity index (χ0n) is 10.5. The summed E-state index contributed by atoms with van der Waals surface area (Å²) in [6.45, 7) is 4.69. The summed E-state index contributed by atoms with van der Waals surface area (Å²) in [5, 5.41) is 0.284. The van der Waals surface area contributed by atoms with Crippen molar-refractivity contribution in [1.29, 1.82) is 0 Å². The van der Waals surface area contributed by atoms with Gasteiger partial charge in [0.25, 0.3) is 0 Å². The molecule has 1 aromatic carbocycles. The molecule has 0 spiro atoms. The van der Waals surface area contributed by atoms with Crippen LogP contribution in [0.1, 0.15) is 26.7 Å². The molecule has 2 atom stereocenters. The summed E-state index contributed by atoms with van der Waals surface area (Å²) in [6, 6.07) is 7.32. The van der Waals surface area contributed by atoms with Crippen molar-refractivity contribution in [2.75, 3.05) is 18.1 Å². The minimum atomic E-state index is -0.726. The smallest absolute Gasteiger partial charge is 0.119 e. The molecule has 0 aliphatic heterocycles. The summed E-state index contributed by atoms with van der Waals surface area (Å²) in [7, 11) is -0.726. The van der Waals surface area contributed by atoms with Gasteiger partial charge in [-0.1, -0.05) is 13.8 Å². The predicted octanol–water partition coefficient (Wildman–Crippen LogP) is 2.58. The van der Waals surface area contributed by atoms with Crippen LogP contribution < -0.4 is 10.5 Å². The van der Waals surface area contributed by atoms with Crippen LogP contribution in [0, 0.1) is 0 Å². The first-order chi connectivity index (χ1) is 8.13. The highest BCUT2D eigenvalue weighted by Crippen LogP contribution is 2.13. The van der Waals surface area contributed by atoms with Crippen molar-refractivity contribution in [3.63, 3.8) is 0 Å². The molecule has 0 aliphatic rings. The normalized spacial score (nSPS) is 14.2. The van der Waals surface area contributed by atoms with Crippen molar-refractivity contribution < 1.29 is 8.95 Å². The lowest BCUT2D eigenvalue weighted by Gasteiger charge is -2.09. The van der Waals surface area contributed by atoms with Crippen molar-refractivity contribution in [3.05, 3.63) is 24.3 Å². The van der Waals surface area contributed by atoms with E-state index in [1.165, 1.54) is 0 Å². The number of benzene rings is 1. The predicted molar refractivity (Wildman–Crippen MR) is 73.7 cm³/mol. The van der Waals surface area contributed by atoms with Crippen LogP contribution in [-0.2, 0) is 10.8 Å². The van der Waals surface area contributed by atoms with Crippen LogP contribution >= 0.6 is 0 Å². The van der Waals surface area contributed by atoms with Crippen molar-refractivity contribution >= 4 is 16.5 Å². The zero-order chi connectivity index (χ0) is 12.7. The van der Waals surface area contributed by atoms with E-state index in [-0.39, 0.29) is 5.25 Å². The Bertz CT molecular complexity index is 351. The molecular weight excluding hydrogens is 234 g/mol. The van der Waals surface area contributed by atoms with Crippen LogP contribution in [0.15, 0.2) is 24.3 Å². The summed E-state index contributed by atoms with van der Waals surface area (Å²) in [5.41, 5.74) is 6.31. The molecule has 0 bridgehead atoms. The van der Waals surface area contributed by atoms with E-state index in [1.807, 2.05) is 31.2 Å². The summed E-state index contributed by atoms with van der Waals surface area (Å²) in [4.78, 5) is 0. The van der Waals surface area contributed by atoms with Gasteiger partial charge in [0, 0.05) is 27.5 Å². The number of nitrogen functional groups attached to an aromatic ring is 1. The first kappa shape index (κ1) is 14.0. The molecule has 0 aromatic heterocycles. The van der Waals surface area contributed by atoms with Gasteiger partial charge in [0.15, 0.2) is 0 Å². The maximum Gasteiger partial charge on any atom is 0.119 e. The minimum absolute atomic E-state index is 0.284. The third-order valence-corrected chi connectivity index (χ3v) is 4.58. The number of rotatable bonds is 7. The van der Waals surface area contributed by atoms with Gasteiger partial charge in [-0.15, -0.1) is 0 Å². The maximum absolute atomic E-state index is 11.7. The highest BCUT2D eigenvalue weighted by molar-refractivity contribution is 7.85. The molecule has 0 aliphatic carbocycles. The fraction of sp³-hybridized carbons (Fsp3) is 0.538. The number of nitrogens with two attached hydrogens (primary N) is 1. The van der Waals surface area contributed by atoms with Gasteiger partial charge in [0.1, 0.15) is 5.75 Å². The summed E-state index contributed by atoms with van der Waals surface area (Å²) >= 11 is 0. The molecule has 1 rings (SSSR count). The Morgan fingerprint density at radius 1 is 1.35 bits per heavy atom. The number of hydrogen-bond donors (Lipinski definition) is 1. The molecular formula is C13H21NO2S. The molecule has 2 N–H and O–H groups in total. The second-order valence-electron chi connectivity index (χ2n) is 4.07. The van der Waals surface area contributed by atoms with Gasteiger partial charge < -0.3 is 10.5 Å². The summed E-state index contributed by atoms with van der Waals surface area (Å²) < 4.78 is 17.2. The zero-order valence-corrected chi connectivity index (χ0v) is 11.3. The molecule has 0 heterocycles. The second-order valence-corrected chi connectivity index (χ2v) is 6.05. The monoisotopic (exact) mass is 255 g/mol. The van der Waals surface area contributed by atoms with E-state index >= 15 is 0 Å². The van der Waals surface area contributed by atoms with Gasteiger partial charge in [0.2, 0.25) is 0 Å². The lowest BCUT2D eigenvalue weighted by atomic mass is 10.3. The van der Waals surface area contributed by atoms with Crippen molar-refractivity contribution in [1.82, 2.24) is 0 Å². The van der Waals surface area contributed by atoms with Crippen LogP contribution in [0.5, 0.6) is 5.75 Å². The lowest BCUT2D eigenvalue weighted by Crippen LogP contribution is -2.14. The molecule has 0 radical (unpaired) electrons. The standard InChI is InChI=1S/C13H21NO2S/c1-3-11(2)17(15)10-4-9-16-13-7-5-12(14)6-8-13/h5-8,11H,3-4,9-10,14H2,1-2H3. The Morgan fingerprint density at radius 2 is 2.00 bits per heavy atom.